The van der Waals surface area contributed by atoms with Gasteiger partial charge in [-0.1, -0.05) is 25.1 Å². The molecule has 27 heavy (non-hydrogen) atoms. The predicted molar refractivity (Wildman–Crippen MR) is 113 cm³/mol. The van der Waals surface area contributed by atoms with E-state index >= 15 is 0 Å². The summed E-state index contributed by atoms with van der Waals surface area (Å²) in [4.78, 5) is 29.9. The first-order valence-electron chi connectivity index (χ1n) is 9.66. The molecule has 0 unspecified atom stereocenters. The Morgan fingerprint density at radius 3 is 2.63 bits per heavy atom. The van der Waals surface area contributed by atoms with Gasteiger partial charge in [0.25, 0.3) is 0 Å². The zero-order valence-corrected chi connectivity index (χ0v) is 17.5. The summed E-state index contributed by atoms with van der Waals surface area (Å²) in [6, 6.07) is 7.74. The maximum atomic E-state index is 12.8. The molecule has 0 atom stereocenters. The van der Waals surface area contributed by atoms with Gasteiger partial charge >= 0.3 is 0 Å². The lowest BCUT2D eigenvalue weighted by Crippen LogP contribution is -2.41. The molecule has 1 aliphatic rings. The Balaban J connectivity index is 1.90. The highest BCUT2D eigenvalue weighted by Gasteiger charge is 2.21. The molecule has 0 saturated carbocycles. The van der Waals surface area contributed by atoms with E-state index in [1.54, 1.807) is 16.7 Å². The fourth-order valence-electron chi connectivity index (χ4n) is 3.27. The monoisotopic (exact) mass is 389 g/mol. The molecular weight excluding hydrogens is 358 g/mol. The van der Waals surface area contributed by atoms with E-state index in [0.29, 0.717) is 0 Å². The molecule has 0 saturated heterocycles. The fourth-order valence-corrected chi connectivity index (χ4v) is 3.83. The summed E-state index contributed by atoms with van der Waals surface area (Å²) in [5, 5.41) is 2.95. The first-order valence-corrected chi connectivity index (χ1v) is 10.9. The molecule has 0 fully saturated rings. The zero-order valence-electron chi connectivity index (χ0n) is 16.7. The smallest absolute Gasteiger partial charge is 0.240 e. The molecular formula is C21H31N3O2S. The third kappa shape index (κ3) is 6.70. The molecule has 6 heteroatoms. The third-order valence-electron chi connectivity index (χ3n) is 4.56. The number of benzene rings is 1. The van der Waals surface area contributed by atoms with Crippen LogP contribution in [0.4, 0.5) is 5.69 Å². The number of amides is 2. The van der Waals surface area contributed by atoms with Crippen molar-refractivity contribution in [3.05, 3.63) is 36.0 Å². The van der Waals surface area contributed by atoms with Gasteiger partial charge in [-0.15, -0.1) is 11.8 Å². The van der Waals surface area contributed by atoms with Crippen molar-refractivity contribution in [1.29, 1.82) is 0 Å². The summed E-state index contributed by atoms with van der Waals surface area (Å²) < 4.78 is 0. The molecule has 5 nitrogen and oxygen atoms in total. The van der Waals surface area contributed by atoms with Crippen molar-refractivity contribution < 1.29 is 9.59 Å². The van der Waals surface area contributed by atoms with Crippen molar-refractivity contribution in [2.24, 2.45) is 0 Å². The average Bonchev–Trinajstić information content (AvgIpc) is 2.66. The Hall–Kier alpha value is -1.79. The summed E-state index contributed by atoms with van der Waals surface area (Å²) in [5.41, 5.74) is 1.97. The minimum absolute atomic E-state index is 0.0739. The van der Waals surface area contributed by atoms with Crippen LogP contribution in [0.15, 0.2) is 40.9 Å². The Kier molecular flexibility index (Phi) is 8.88. The van der Waals surface area contributed by atoms with E-state index in [9.17, 15) is 9.59 Å². The van der Waals surface area contributed by atoms with Crippen molar-refractivity contribution in [1.82, 2.24) is 9.80 Å². The second-order valence-electron chi connectivity index (χ2n) is 6.91. The van der Waals surface area contributed by atoms with Gasteiger partial charge in [-0.05, 0) is 57.5 Å². The topological polar surface area (TPSA) is 52.7 Å². The van der Waals surface area contributed by atoms with Crippen LogP contribution in [0.2, 0.25) is 0 Å². The second-order valence-corrected chi connectivity index (χ2v) is 7.76. The third-order valence-corrected chi connectivity index (χ3v) is 5.36. The quantitative estimate of drug-likeness (QED) is 0.649. The molecule has 1 aromatic rings. The summed E-state index contributed by atoms with van der Waals surface area (Å²) in [6.45, 7) is 3.26. The van der Waals surface area contributed by atoms with E-state index in [1.165, 1.54) is 6.42 Å². The van der Waals surface area contributed by atoms with Crippen molar-refractivity contribution in [3.63, 3.8) is 0 Å². The Morgan fingerprint density at radius 2 is 1.96 bits per heavy atom. The largest absolute Gasteiger partial charge is 0.324 e. The van der Waals surface area contributed by atoms with E-state index < -0.39 is 0 Å². The number of anilines is 1. The number of thioether (sulfide) groups is 1. The number of likely N-dealkylation sites (N-methyl/N-ethyl adjacent to an activating group) is 1. The number of para-hydroxylation sites is 1. The number of rotatable bonds is 9. The number of carbonyl (C=O) groups excluding carboxylic acids is 2. The number of nitrogens with one attached hydrogen (secondary N) is 1. The molecule has 0 heterocycles. The average molecular weight is 390 g/mol. The fraction of sp³-hybridized carbons (Fsp3) is 0.524. The molecule has 2 amide bonds. The van der Waals surface area contributed by atoms with Gasteiger partial charge in [-0.2, -0.15) is 0 Å². The highest BCUT2D eigenvalue weighted by atomic mass is 32.2. The zero-order chi connectivity index (χ0) is 19.6. The van der Waals surface area contributed by atoms with Gasteiger partial charge in [-0.25, -0.2) is 0 Å². The van der Waals surface area contributed by atoms with Crippen molar-refractivity contribution in [2.75, 3.05) is 38.3 Å². The second kappa shape index (κ2) is 11.1. The van der Waals surface area contributed by atoms with Crippen LogP contribution < -0.4 is 5.32 Å². The Labute approximate surface area is 167 Å². The van der Waals surface area contributed by atoms with Crippen LogP contribution in [-0.4, -0.2) is 54.6 Å². The van der Waals surface area contributed by atoms with Gasteiger partial charge in [0.05, 0.1) is 18.8 Å². The number of allylic oxidation sites excluding steroid dienone is 2. The molecule has 1 aromatic carbocycles. The van der Waals surface area contributed by atoms with Gasteiger partial charge < -0.3 is 10.2 Å². The minimum Gasteiger partial charge on any atom is -0.324 e. The molecule has 0 radical (unpaired) electrons. The minimum atomic E-state index is -0.106. The molecule has 0 spiro atoms. The van der Waals surface area contributed by atoms with Crippen LogP contribution >= 0.6 is 11.8 Å². The number of nitrogens with zero attached hydrogens (tertiary/aromatic N) is 2. The Morgan fingerprint density at radius 1 is 1.19 bits per heavy atom. The maximum Gasteiger partial charge on any atom is 0.240 e. The van der Waals surface area contributed by atoms with Gasteiger partial charge in [0.1, 0.15) is 0 Å². The molecule has 1 N–H and O–H groups in total. The summed E-state index contributed by atoms with van der Waals surface area (Å²) in [5.74, 6) is -0.0319. The van der Waals surface area contributed by atoms with Gasteiger partial charge in [-0.3, -0.25) is 14.5 Å². The lowest BCUT2D eigenvalue weighted by molar-refractivity contribution is -0.130. The van der Waals surface area contributed by atoms with E-state index in [2.05, 4.69) is 18.3 Å². The summed E-state index contributed by atoms with van der Waals surface area (Å²) >= 11 is 1.60. The normalized spacial score (nSPS) is 14.0. The van der Waals surface area contributed by atoms with Gasteiger partial charge in [0.15, 0.2) is 0 Å². The van der Waals surface area contributed by atoms with Crippen LogP contribution in [0.1, 0.15) is 39.0 Å². The number of carbonyl (C=O) groups is 2. The van der Waals surface area contributed by atoms with Crippen LogP contribution in [0.3, 0.4) is 0 Å². The molecule has 1 aliphatic carbocycles. The standard InChI is InChI=1S/C21H31N3O2S/c1-4-14-24(17-10-6-5-7-11-17)21(26)16-23(2)15-20(25)22-18-12-8-9-13-19(18)27-3/h8-10,12-13H,4-7,11,14-16H2,1-3H3,(H,22,25). The lowest BCUT2D eigenvalue weighted by atomic mass is 10.0. The Bertz CT molecular complexity index is 675. The van der Waals surface area contributed by atoms with Gasteiger partial charge in [0.2, 0.25) is 11.8 Å². The van der Waals surface area contributed by atoms with E-state index in [0.717, 1.165) is 48.5 Å². The summed E-state index contributed by atoms with van der Waals surface area (Å²) in [7, 11) is 1.82. The first kappa shape index (κ1) is 21.5. The van der Waals surface area contributed by atoms with Crippen LogP contribution in [0, 0.1) is 0 Å². The highest BCUT2D eigenvalue weighted by molar-refractivity contribution is 7.98. The van der Waals surface area contributed by atoms with E-state index in [4.69, 9.17) is 0 Å². The first-order chi connectivity index (χ1) is 13.0. The molecule has 0 aliphatic heterocycles. The van der Waals surface area contributed by atoms with Crippen molar-refractivity contribution in [3.8, 4) is 0 Å². The maximum absolute atomic E-state index is 12.8. The predicted octanol–water partition coefficient (Wildman–Crippen LogP) is 3.98. The lowest BCUT2D eigenvalue weighted by Gasteiger charge is -2.29. The highest BCUT2D eigenvalue weighted by Crippen LogP contribution is 2.24. The number of hydrogen-bond donors (Lipinski definition) is 1. The van der Waals surface area contributed by atoms with E-state index in [-0.39, 0.29) is 24.9 Å². The van der Waals surface area contributed by atoms with Gasteiger partial charge in [0, 0.05) is 17.1 Å². The van der Waals surface area contributed by atoms with Crippen molar-refractivity contribution in [2.45, 2.75) is 43.9 Å². The van der Waals surface area contributed by atoms with Crippen LogP contribution in [0.25, 0.3) is 0 Å². The van der Waals surface area contributed by atoms with Crippen LogP contribution in [-0.2, 0) is 9.59 Å². The molecule has 2 rings (SSSR count). The molecule has 0 bridgehead atoms. The van der Waals surface area contributed by atoms with Crippen molar-refractivity contribution >= 4 is 29.3 Å². The molecule has 0 aromatic heterocycles. The van der Waals surface area contributed by atoms with E-state index in [1.807, 2.05) is 42.5 Å². The summed E-state index contributed by atoms with van der Waals surface area (Å²) in [6.07, 6.45) is 9.49. The SMILES string of the molecule is CCCN(C(=O)CN(C)CC(=O)Nc1ccccc1SC)C1=CCCCC1. The number of hydrogen-bond acceptors (Lipinski definition) is 4. The molecule has 148 valence electrons. The van der Waals surface area contributed by atoms with Crippen LogP contribution in [0.5, 0.6) is 0 Å².